The quantitative estimate of drug-likeness (QED) is 0.419. The number of rotatable bonds is 5. The van der Waals surface area contributed by atoms with Crippen molar-refractivity contribution in [1.82, 2.24) is 19.7 Å². The van der Waals surface area contributed by atoms with Crippen LogP contribution in [0, 0.1) is 0 Å². The third-order valence-corrected chi connectivity index (χ3v) is 6.17. The first kappa shape index (κ1) is 21.5. The molecule has 0 saturated carbocycles. The normalized spacial score (nSPS) is 15.7. The van der Waals surface area contributed by atoms with Crippen LogP contribution in [0.1, 0.15) is 24.6 Å². The Morgan fingerprint density at radius 1 is 0.939 bits per heavy atom. The highest BCUT2D eigenvalue weighted by Gasteiger charge is 2.27. The third kappa shape index (κ3) is 4.73. The third-order valence-electron chi connectivity index (χ3n) is 6.17. The van der Waals surface area contributed by atoms with Crippen molar-refractivity contribution in [3.8, 4) is 5.69 Å². The van der Waals surface area contributed by atoms with Crippen molar-refractivity contribution >= 4 is 16.6 Å². The average Bonchev–Trinajstić information content (AvgIpc) is 3.16. The lowest BCUT2D eigenvalue weighted by molar-refractivity contribution is 0.0176. The number of hydrogen-bond acceptors (Lipinski definition) is 4. The maximum Gasteiger partial charge on any atom is 0.270 e. The van der Waals surface area contributed by atoms with Gasteiger partial charge in [0.25, 0.3) is 5.92 Å². The van der Waals surface area contributed by atoms with Crippen LogP contribution in [0.4, 0.5) is 14.5 Å². The van der Waals surface area contributed by atoms with Gasteiger partial charge in [0.1, 0.15) is 0 Å². The number of alkyl halides is 2. The molecule has 5 nitrogen and oxygen atoms in total. The molecule has 0 aliphatic carbocycles. The van der Waals surface area contributed by atoms with Crippen molar-refractivity contribution in [1.29, 1.82) is 0 Å². The van der Waals surface area contributed by atoms with Crippen LogP contribution in [0.15, 0.2) is 73.1 Å². The predicted molar refractivity (Wildman–Crippen MR) is 127 cm³/mol. The Labute approximate surface area is 192 Å². The van der Waals surface area contributed by atoms with Crippen molar-refractivity contribution in [2.75, 3.05) is 31.1 Å². The molecule has 1 aliphatic rings. The number of halogens is 2. The van der Waals surface area contributed by atoms with Crippen LogP contribution in [0.3, 0.4) is 0 Å². The smallest absolute Gasteiger partial charge is 0.270 e. The molecule has 0 radical (unpaired) electrons. The molecule has 1 fully saturated rings. The zero-order chi connectivity index (χ0) is 22.8. The highest BCUT2D eigenvalue weighted by Crippen LogP contribution is 2.35. The maximum atomic E-state index is 14.2. The van der Waals surface area contributed by atoms with E-state index in [9.17, 15) is 8.78 Å². The van der Waals surface area contributed by atoms with Crippen LogP contribution in [0.25, 0.3) is 16.6 Å². The fraction of sp³-hybridized carbons (Fsp3) is 0.308. The molecule has 1 saturated heterocycles. The highest BCUT2D eigenvalue weighted by atomic mass is 19.3. The fourth-order valence-electron chi connectivity index (χ4n) is 4.44. The summed E-state index contributed by atoms with van der Waals surface area (Å²) in [5.74, 6) is -2.89. The SMILES string of the molecule is CC(F)(F)c1cc(N2CCCN(Cc3ccn(-c4ccccc4)n3)CC2)c2ncccc2c1. The maximum absolute atomic E-state index is 14.2. The van der Waals surface area contributed by atoms with Gasteiger partial charge in [-0.05, 0) is 42.8 Å². The van der Waals surface area contributed by atoms with E-state index < -0.39 is 5.92 Å². The lowest BCUT2D eigenvalue weighted by Gasteiger charge is -2.26. The van der Waals surface area contributed by atoms with Gasteiger partial charge in [-0.3, -0.25) is 9.88 Å². The molecule has 3 heterocycles. The van der Waals surface area contributed by atoms with E-state index in [4.69, 9.17) is 5.10 Å². The molecule has 2 aromatic carbocycles. The Morgan fingerprint density at radius 2 is 1.79 bits per heavy atom. The number of para-hydroxylation sites is 1. The van der Waals surface area contributed by atoms with Crippen molar-refractivity contribution < 1.29 is 8.78 Å². The van der Waals surface area contributed by atoms with Crippen molar-refractivity contribution in [3.05, 3.63) is 84.3 Å². The fourth-order valence-corrected chi connectivity index (χ4v) is 4.44. The Morgan fingerprint density at radius 3 is 2.61 bits per heavy atom. The van der Waals surface area contributed by atoms with E-state index in [1.54, 1.807) is 24.4 Å². The first-order chi connectivity index (χ1) is 16.0. The van der Waals surface area contributed by atoms with E-state index in [1.165, 1.54) is 0 Å². The van der Waals surface area contributed by atoms with E-state index in [0.29, 0.717) is 0 Å². The molecule has 7 heteroatoms. The molecule has 2 aromatic heterocycles. The van der Waals surface area contributed by atoms with E-state index in [1.807, 2.05) is 47.3 Å². The second-order valence-corrected chi connectivity index (χ2v) is 8.66. The first-order valence-electron chi connectivity index (χ1n) is 11.3. The van der Waals surface area contributed by atoms with Gasteiger partial charge in [0.2, 0.25) is 0 Å². The molecule has 0 amide bonds. The molecule has 0 N–H and O–H groups in total. The number of fused-ring (bicyclic) bond motifs is 1. The molecule has 1 aliphatic heterocycles. The minimum Gasteiger partial charge on any atom is -0.368 e. The highest BCUT2D eigenvalue weighted by molar-refractivity contribution is 5.91. The van der Waals surface area contributed by atoms with Gasteiger partial charge in [-0.25, -0.2) is 13.5 Å². The molecule has 0 bridgehead atoms. The van der Waals surface area contributed by atoms with Crippen molar-refractivity contribution in [3.63, 3.8) is 0 Å². The lowest BCUT2D eigenvalue weighted by atomic mass is 10.0. The molecule has 5 rings (SSSR count). The topological polar surface area (TPSA) is 37.2 Å². The zero-order valence-corrected chi connectivity index (χ0v) is 18.7. The van der Waals surface area contributed by atoms with E-state index in [2.05, 4.69) is 20.9 Å². The van der Waals surface area contributed by atoms with Gasteiger partial charge >= 0.3 is 0 Å². The van der Waals surface area contributed by atoms with Crippen LogP contribution in [-0.2, 0) is 12.5 Å². The van der Waals surface area contributed by atoms with Gasteiger partial charge in [0, 0.05) is 63.0 Å². The summed E-state index contributed by atoms with van der Waals surface area (Å²) in [6.07, 6.45) is 4.66. The molecule has 170 valence electrons. The summed E-state index contributed by atoms with van der Waals surface area (Å²) in [6, 6.07) is 18.9. The van der Waals surface area contributed by atoms with Gasteiger partial charge < -0.3 is 4.90 Å². The van der Waals surface area contributed by atoms with Crippen LogP contribution in [-0.4, -0.2) is 45.8 Å². The molecule has 0 spiro atoms. The van der Waals surface area contributed by atoms with Gasteiger partial charge in [0.15, 0.2) is 0 Å². The number of pyridine rings is 1. The number of aromatic nitrogens is 3. The van der Waals surface area contributed by atoms with Gasteiger partial charge in [-0.1, -0.05) is 24.3 Å². The van der Waals surface area contributed by atoms with E-state index in [-0.39, 0.29) is 5.56 Å². The Hall–Kier alpha value is -3.32. The summed E-state index contributed by atoms with van der Waals surface area (Å²) in [7, 11) is 0. The summed E-state index contributed by atoms with van der Waals surface area (Å²) < 4.78 is 30.3. The second-order valence-electron chi connectivity index (χ2n) is 8.66. The van der Waals surface area contributed by atoms with E-state index >= 15 is 0 Å². The lowest BCUT2D eigenvalue weighted by Crippen LogP contribution is -2.31. The average molecular weight is 448 g/mol. The number of anilines is 1. The summed E-state index contributed by atoms with van der Waals surface area (Å²) in [4.78, 5) is 9.10. The van der Waals surface area contributed by atoms with Crippen molar-refractivity contribution in [2.24, 2.45) is 0 Å². The molecular formula is C26H27F2N5. The molecule has 33 heavy (non-hydrogen) atoms. The Balaban J connectivity index is 1.33. The van der Waals surface area contributed by atoms with E-state index in [0.717, 1.165) is 74.0 Å². The van der Waals surface area contributed by atoms with Crippen LogP contribution < -0.4 is 4.90 Å². The van der Waals surface area contributed by atoms with Gasteiger partial charge in [-0.2, -0.15) is 5.10 Å². The number of benzene rings is 2. The Bertz CT molecular complexity index is 1230. The summed E-state index contributed by atoms with van der Waals surface area (Å²) in [5.41, 5.74) is 3.66. The minimum absolute atomic E-state index is 0.0329. The standard InChI is InChI=1S/C26H27F2N5/c1-26(27,28)21-17-20-7-5-11-29-25(20)24(18-21)32-13-6-12-31(15-16-32)19-22-10-14-33(30-22)23-8-3-2-4-9-23/h2-5,7-11,14,17-18H,6,12-13,15-16,19H2,1H3. The Kier molecular flexibility index (Phi) is 5.81. The van der Waals surface area contributed by atoms with Crippen LogP contribution in [0.5, 0.6) is 0 Å². The van der Waals surface area contributed by atoms with Crippen LogP contribution in [0.2, 0.25) is 0 Å². The predicted octanol–water partition coefficient (Wildman–Crippen LogP) is 5.24. The summed E-state index contributed by atoms with van der Waals surface area (Å²) in [6.45, 7) is 5.04. The zero-order valence-electron chi connectivity index (χ0n) is 18.7. The van der Waals surface area contributed by atoms with Gasteiger partial charge in [0.05, 0.1) is 22.6 Å². The van der Waals surface area contributed by atoms with Gasteiger partial charge in [-0.15, -0.1) is 0 Å². The number of nitrogens with zero attached hydrogens (tertiary/aromatic N) is 5. The number of hydrogen-bond donors (Lipinski definition) is 0. The largest absolute Gasteiger partial charge is 0.368 e. The molecular weight excluding hydrogens is 420 g/mol. The summed E-state index contributed by atoms with van der Waals surface area (Å²) in [5, 5.41) is 5.48. The first-order valence-corrected chi connectivity index (χ1v) is 11.3. The summed E-state index contributed by atoms with van der Waals surface area (Å²) >= 11 is 0. The monoisotopic (exact) mass is 447 g/mol. The molecule has 0 unspecified atom stereocenters. The van der Waals surface area contributed by atoms with Crippen LogP contribution >= 0.6 is 0 Å². The molecule has 4 aromatic rings. The minimum atomic E-state index is -2.89. The molecule has 0 atom stereocenters. The second kappa shape index (κ2) is 8.90. The van der Waals surface area contributed by atoms with Crippen molar-refractivity contribution in [2.45, 2.75) is 25.8 Å².